The number of carbonyl (C=O) groups excluding carboxylic acids is 1. The van der Waals surface area contributed by atoms with E-state index in [1.54, 1.807) is 0 Å². The predicted molar refractivity (Wildman–Crippen MR) is 113 cm³/mol. The van der Waals surface area contributed by atoms with Crippen molar-refractivity contribution in [3.63, 3.8) is 0 Å². The van der Waals surface area contributed by atoms with E-state index in [1.807, 2.05) is 17.9 Å². The highest BCUT2D eigenvalue weighted by Crippen LogP contribution is 2.40. The molecule has 1 aliphatic rings. The maximum atomic E-state index is 12.7. The third-order valence-electron chi connectivity index (χ3n) is 5.85. The van der Waals surface area contributed by atoms with Gasteiger partial charge in [0, 0.05) is 23.1 Å². The van der Waals surface area contributed by atoms with E-state index in [9.17, 15) is 4.79 Å². The highest BCUT2D eigenvalue weighted by Gasteiger charge is 2.35. The maximum absolute atomic E-state index is 12.7. The maximum Gasteiger partial charge on any atom is 0.410 e. The van der Waals surface area contributed by atoms with Crippen molar-refractivity contribution in [3.8, 4) is 0 Å². The van der Waals surface area contributed by atoms with Gasteiger partial charge in [0.05, 0.1) is 12.6 Å². The van der Waals surface area contributed by atoms with Gasteiger partial charge in [-0.2, -0.15) is 0 Å². The second kappa shape index (κ2) is 7.70. The van der Waals surface area contributed by atoms with Crippen molar-refractivity contribution in [2.24, 2.45) is 0 Å². The molecule has 0 aliphatic carbocycles. The summed E-state index contributed by atoms with van der Waals surface area (Å²) in [6.45, 7) is 7.32. The summed E-state index contributed by atoms with van der Waals surface area (Å²) in [6, 6.07) is 17.0. The van der Waals surface area contributed by atoms with E-state index >= 15 is 0 Å². The monoisotopic (exact) mass is 376 g/mol. The van der Waals surface area contributed by atoms with Gasteiger partial charge in [0.2, 0.25) is 0 Å². The van der Waals surface area contributed by atoms with Crippen LogP contribution in [0.25, 0.3) is 10.9 Å². The molecule has 0 bridgehead atoms. The zero-order valence-corrected chi connectivity index (χ0v) is 16.9. The van der Waals surface area contributed by atoms with Gasteiger partial charge in [-0.15, -0.1) is 0 Å². The molecule has 1 N–H and O–H groups in total. The Labute approximate surface area is 166 Å². The number of rotatable bonds is 4. The summed E-state index contributed by atoms with van der Waals surface area (Å²) in [5.74, 6) is 0.335. The minimum Gasteiger partial charge on any atom is -0.450 e. The third-order valence-corrected chi connectivity index (χ3v) is 5.85. The second-order valence-corrected chi connectivity index (χ2v) is 7.77. The fourth-order valence-electron chi connectivity index (χ4n) is 4.40. The molecule has 28 heavy (non-hydrogen) atoms. The number of aryl methyl sites for hydroxylation is 1. The molecular formula is C24H28N2O2. The molecular weight excluding hydrogens is 348 g/mol. The van der Waals surface area contributed by atoms with Gasteiger partial charge in [-0.05, 0) is 55.9 Å². The summed E-state index contributed by atoms with van der Waals surface area (Å²) < 4.78 is 5.38. The number of amides is 1. The average Bonchev–Trinajstić information content (AvgIpc) is 3.07. The van der Waals surface area contributed by atoms with Gasteiger partial charge in [0.1, 0.15) is 0 Å². The smallest absolute Gasteiger partial charge is 0.410 e. The number of fused-ring (bicyclic) bond motifs is 3. The van der Waals surface area contributed by atoms with Gasteiger partial charge in [-0.25, -0.2) is 4.79 Å². The zero-order chi connectivity index (χ0) is 19.7. The lowest BCUT2D eigenvalue weighted by Crippen LogP contribution is -2.41. The van der Waals surface area contributed by atoms with E-state index in [0.29, 0.717) is 19.1 Å². The molecule has 2 atom stereocenters. The number of H-pyrrole nitrogens is 1. The quantitative estimate of drug-likeness (QED) is 0.632. The number of hydrogen-bond acceptors (Lipinski definition) is 2. The zero-order valence-electron chi connectivity index (χ0n) is 16.9. The molecule has 4 rings (SSSR count). The largest absolute Gasteiger partial charge is 0.450 e. The van der Waals surface area contributed by atoms with Gasteiger partial charge in [-0.3, -0.25) is 4.90 Å². The van der Waals surface area contributed by atoms with Crippen molar-refractivity contribution in [2.75, 3.05) is 13.2 Å². The van der Waals surface area contributed by atoms with E-state index < -0.39 is 0 Å². The van der Waals surface area contributed by atoms with Gasteiger partial charge in [-0.1, -0.05) is 48.9 Å². The summed E-state index contributed by atoms with van der Waals surface area (Å²) in [7, 11) is 0. The Balaban J connectivity index is 1.74. The molecule has 2 aromatic carbocycles. The van der Waals surface area contributed by atoms with E-state index in [1.165, 1.54) is 27.8 Å². The Morgan fingerprint density at radius 3 is 2.79 bits per heavy atom. The van der Waals surface area contributed by atoms with Crippen LogP contribution >= 0.6 is 0 Å². The number of carbonyl (C=O) groups is 1. The van der Waals surface area contributed by atoms with Crippen LogP contribution in [-0.2, 0) is 11.2 Å². The molecule has 2 unspecified atom stereocenters. The lowest BCUT2D eigenvalue weighted by Gasteiger charge is -2.36. The predicted octanol–water partition coefficient (Wildman–Crippen LogP) is 5.73. The fourth-order valence-corrected chi connectivity index (χ4v) is 4.40. The molecule has 1 aromatic heterocycles. The summed E-state index contributed by atoms with van der Waals surface area (Å²) in [6.07, 6.45) is 1.50. The van der Waals surface area contributed by atoms with Crippen LogP contribution in [0, 0.1) is 6.92 Å². The molecule has 146 valence electrons. The van der Waals surface area contributed by atoms with E-state index in [0.717, 1.165) is 18.4 Å². The van der Waals surface area contributed by atoms with E-state index in [4.69, 9.17) is 4.74 Å². The molecule has 3 aromatic rings. The van der Waals surface area contributed by atoms with Crippen molar-refractivity contribution in [2.45, 2.75) is 45.6 Å². The Morgan fingerprint density at radius 2 is 2.04 bits per heavy atom. The van der Waals surface area contributed by atoms with Crippen LogP contribution in [0.1, 0.15) is 54.6 Å². The van der Waals surface area contributed by atoms with E-state index in [2.05, 4.69) is 61.3 Å². The lowest BCUT2D eigenvalue weighted by molar-refractivity contribution is 0.0823. The number of nitrogens with zero attached hydrogens (tertiary/aromatic N) is 1. The number of benzene rings is 2. The van der Waals surface area contributed by atoms with Gasteiger partial charge in [0.25, 0.3) is 0 Å². The Kier molecular flexibility index (Phi) is 5.12. The van der Waals surface area contributed by atoms with Crippen molar-refractivity contribution in [1.82, 2.24) is 9.88 Å². The van der Waals surface area contributed by atoms with Crippen LogP contribution in [0.4, 0.5) is 4.79 Å². The topological polar surface area (TPSA) is 45.3 Å². The van der Waals surface area contributed by atoms with Crippen molar-refractivity contribution >= 4 is 17.0 Å². The number of hydrogen-bond donors (Lipinski definition) is 1. The van der Waals surface area contributed by atoms with Crippen LogP contribution in [0.3, 0.4) is 0 Å². The fraction of sp³-hybridized carbons (Fsp3) is 0.375. The first-order valence-electron chi connectivity index (χ1n) is 10.2. The molecule has 4 heteroatoms. The normalized spacial score (nSPS) is 17.4. The van der Waals surface area contributed by atoms with E-state index in [-0.39, 0.29) is 12.1 Å². The van der Waals surface area contributed by atoms with Crippen LogP contribution in [0.15, 0.2) is 48.5 Å². The summed E-state index contributed by atoms with van der Waals surface area (Å²) in [4.78, 5) is 18.2. The van der Waals surface area contributed by atoms with Crippen molar-refractivity contribution in [3.05, 3.63) is 70.9 Å². The molecule has 0 spiro atoms. The second-order valence-electron chi connectivity index (χ2n) is 7.77. The molecule has 0 fully saturated rings. The number of aromatic nitrogens is 1. The standard InChI is InChI=1S/C24H28N2O2/c1-4-28-24(27)26-13-12-19-20-14-16(2)10-11-21(20)25-23(19)22(26)15-17(3)18-8-6-5-7-9-18/h5-11,14,17,22,25H,4,12-13,15H2,1-3H3. The first-order chi connectivity index (χ1) is 13.6. The number of ether oxygens (including phenoxy) is 1. The van der Waals surface area contributed by atoms with Crippen molar-refractivity contribution < 1.29 is 9.53 Å². The molecule has 0 radical (unpaired) electrons. The average molecular weight is 377 g/mol. The van der Waals surface area contributed by atoms with Gasteiger partial charge < -0.3 is 9.72 Å². The third kappa shape index (κ3) is 3.39. The SMILES string of the molecule is CCOC(=O)N1CCc2c([nH]c3ccc(C)cc23)C1CC(C)c1ccccc1. The highest BCUT2D eigenvalue weighted by atomic mass is 16.6. The molecule has 0 saturated heterocycles. The van der Waals surface area contributed by atoms with Gasteiger partial charge in [0.15, 0.2) is 0 Å². The highest BCUT2D eigenvalue weighted by molar-refractivity contribution is 5.86. The Hall–Kier alpha value is -2.75. The molecule has 2 heterocycles. The van der Waals surface area contributed by atoms with Crippen LogP contribution in [0.2, 0.25) is 0 Å². The molecule has 0 saturated carbocycles. The minimum absolute atomic E-state index is 0.00860. The van der Waals surface area contributed by atoms with Crippen LogP contribution in [0.5, 0.6) is 0 Å². The summed E-state index contributed by atoms with van der Waals surface area (Å²) >= 11 is 0. The first kappa shape index (κ1) is 18.6. The van der Waals surface area contributed by atoms with Crippen molar-refractivity contribution in [1.29, 1.82) is 0 Å². The number of nitrogens with one attached hydrogen (secondary N) is 1. The summed E-state index contributed by atoms with van der Waals surface area (Å²) in [5, 5.41) is 1.29. The Bertz CT molecular complexity index is 977. The molecule has 1 amide bonds. The number of aromatic amines is 1. The van der Waals surface area contributed by atoms with Crippen LogP contribution in [-0.4, -0.2) is 29.1 Å². The van der Waals surface area contributed by atoms with Gasteiger partial charge >= 0.3 is 6.09 Å². The lowest BCUT2D eigenvalue weighted by atomic mass is 9.88. The first-order valence-corrected chi connectivity index (χ1v) is 10.2. The molecule has 1 aliphatic heterocycles. The molecule has 4 nitrogen and oxygen atoms in total. The minimum atomic E-state index is -0.215. The Morgan fingerprint density at radius 1 is 1.25 bits per heavy atom. The van der Waals surface area contributed by atoms with Crippen LogP contribution < -0.4 is 0 Å². The summed E-state index contributed by atoms with van der Waals surface area (Å²) in [5.41, 5.74) is 6.23.